The average Bonchev–Trinajstić information content (AvgIpc) is 2.85. The molecule has 11 heteroatoms. The zero-order valence-corrected chi connectivity index (χ0v) is 19.3. The van der Waals surface area contributed by atoms with E-state index in [0.29, 0.717) is 36.8 Å². The van der Waals surface area contributed by atoms with Crippen LogP contribution >= 0.6 is 11.6 Å². The third kappa shape index (κ3) is 4.79. The summed E-state index contributed by atoms with van der Waals surface area (Å²) in [5, 5.41) is 2.96. The Morgan fingerprint density at radius 1 is 1.26 bits per heavy atom. The second-order valence-electron chi connectivity index (χ2n) is 8.31. The Morgan fingerprint density at radius 2 is 1.90 bits per heavy atom. The van der Waals surface area contributed by atoms with Crippen LogP contribution in [0, 0.1) is 5.41 Å². The van der Waals surface area contributed by atoms with Crippen LogP contribution in [0.15, 0.2) is 18.2 Å². The Balaban J connectivity index is 1.73. The number of hydrogen-bond donors (Lipinski definition) is 1. The van der Waals surface area contributed by atoms with Crippen molar-refractivity contribution < 1.29 is 27.5 Å². The molecule has 0 spiro atoms. The molecule has 0 bridgehead atoms. The van der Waals surface area contributed by atoms with Crippen molar-refractivity contribution in [1.82, 2.24) is 10.2 Å². The van der Waals surface area contributed by atoms with Gasteiger partial charge in [0.1, 0.15) is 0 Å². The van der Waals surface area contributed by atoms with Crippen LogP contribution in [-0.4, -0.2) is 62.7 Å². The normalized spacial score (nSPS) is 20.6. The summed E-state index contributed by atoms with van der Waals surface area (Å²) < 4.78 is 30.8. The molecule has 2 fully saturated rings. The van der Waals surface area contributed by atoms with Crippen molar-refractivity contribution in [2.75, 3.05) is 29.8 Å². The molecule has 0 aliphatic carbocycles. The topological polar surface area (TPSA) is 113 Å². The molecule has 3 rings (SSSR count). The van der Waals surface area contributed by atoms with E-state index >= 15 is 0 Å². The Hall–Kier alpha value is -2.33. The van der Waals surface area contributed by atoms with E-state index in [0.717, 1.165) is 0 Å². The molecule has 1 aromatic carbocycles. The fourth-order valence-electron chi connectivity index (χ4n) is 3.74. The van der Waals surface area contributed by atoms with E-state index in [1.165, 1.54) is 18.2 Å². The minimum absolute atomic E-state index is 0.0259. The molecular weight excluding hydrogens is 446 g/mol. The molecule has 170 valence electrons. The molecule has 0 unspecified atom stereocenters. The third-order valence-electron chi connectivity index (χ3n) is 5.37. The maximum atomic E-state index is 12.8. The van der Waals surface area contributed by atoms with Crippen molar-refractivity contribution in [3.8, 4) is 0 Å². The summed E-state index contributed by atoms with van der Waals surface area (Å²) >= 11 is 6.19. The van der Waals surface area contributed by atoms with E-state index in [2.05, 4.69) is 5.32 Å². The van der Waals surface area contributed by atoms with E-state index in [4.69, 9.17) is 16.3 Å². The molecular formula is C20H26ClN3O6S. The number of halogens is 1. The summed E-state index contributed by atoms with van der Waals surface area (Å²) in [4.78, 5) is 38.8. The Labute approximate surface area is 186 Å². The molecule has 0 atom stereocenters. The number of carbonyl (C=O) groups excluding carboxylic acids is 3. The van der Waals surface area contributed by atoms with Crippen LogP contribution in [0.2, 0.25) is 5.02 Å². The fourth-order valence-corrected chi connectivity index (χ4v) is 6.11. The lowest BCUT2D eigenvalue weighted by Gasteiger charge is -2.31. The third-order valence-corrected chi connectivity index (χ3v) is 7.69. The quantitative estimate of drug-likeness (QED) is 0.721. The van der Waals surface area contributed by atoms with Crippen molar-refractivity contribution >= 4 is 45.2 Å². The molecule has 31 heavy (non-hydrogen) atoms. The number of sulfonamides is 1. The van der Waals surface area contributed by atoms with Gasteiger partial charge in [0.15, 0.2) is 0 Å². The summed E-state index contributed by atoms with van der Waals surface area (Å²) in [6.45, 7) is 6.09. The van der Waals surface area contributed by atoms with E-state index < -0.39 is 27.3 Å². The summed E-state index contributed by atoms with van der Waals surface area (Å²) in [5.41, 5.74) is -0.908. The van der Waals surface area contributed by atoms with E-state index in [9.17, 15) is 22.8 Å². The summed E-state index contributed by atoms with van der Waals surface area (Å²) in [7, 11) is -3.89. The van der Waals surface area contributed by atoms with Gasteiger partial charge in [-0.05, 0) is 51.8 Å². The van der Waals surface area contributed by atoms with Crippen molar-refractivity contribution in [2.24, 2.45) is 5.41 Å². The Kier molecular flexibility index (Phi) is 6.52. The lowest BCUT2D eigenvalue weighted by Crippen LogP contribution is -2.46. The number of amides is 3. The number of ether oxygens (including phenoxy) is 1. The lowest BCUT2D eigenvalue weighted by atomic mass is 9.95. The van der Waals surface area contributed by atoms with Gasteiger partial charge in [0.05, 0.1) is 28.5 Å². The van der Waals surface area contributed by atoms with Gasteiger partial charge in [-0.1, -0.05) is 11.6 Å². The SMILES string of the molecule is CCOC(=O)N1CCC(NC(=O)c2ccc(Cl)c(N3C(=O)C(C)(C)CS3(=O)=O)c2)CC1. The molecule has 0 aromatic heterocycles. The average molecular weight is 472 g/mol. The number of nitrogens with zero attached hydrogens (tertiary/aromatic N) is 2. The Morgan fingerprint density at radius 3 is 2.45 bits per heavy atom. The van der Waals surface area contributed by atoms with Gasteiger partial charge < -0.3 is 15.0 Å². The number of carbonyl (C=O) groups is 3. The standard InChI is InChI=1S/C20H26ClN3O6S/c1-4-30-19(27)23-9-7-14(8-10-23)22-17(25)13-5-6-15(21)16(11-13)24-18(26)20(2,3)12-31(24,28)29/h5-6,11,14H,4,7-10,12H2,1-3H3,(H,22,25). The van der Waals surface area contributed by atoms with Crippen LogP contribution < -0.4 is 9.62 Å². The van der Waals surface area contributed by atoms with Crippen LogP contribution in [-0.2, 0) is 19.6 Å². The van der Waals surface area contributed by atoms with Gasteiger partial charge in [0, 0.05) is 24.7 Å². The molecule has 2 saturated heterocycles. The number of anilines is 1. The first-order valence-electron chi connectivity index (χ1n) is 10.1. The van der Waals surface area contributed by atoms with Crippen molar-refractivity contribution in [3.05, 3.63) is 28.8 Å². The first-order chi connectivity index (χ1) is 14.5. The lowest BCUT2D eigenvalue weighted by molar-refractivity contribution is -0.123. The van der Waals surface area contributed by atoms with Crippen LogP contribution in [0.3, 0.4) is 0 Å². The summed E-state index contributed by atoms with van der Waals surface area (Å²) in [5.74, 6) is -1.32. The zero-order valence-electron chi connectivity index (χ0n) is 17.7. The summed E-state index contributed by atoms with van der Waals surface area (Å²) in [6.07, 6.45) is 0.769. The highest BCUT2D eigenvalue weighted by Crippen LogP contribution is 2.39. The number of benzene rings is 1. The zero-order chi connectivity index (χ0) is 23.0. The molecule has 3 amide bonds. The van der Waals surface area contributed by atoms with Gasteiger partial charge in [0.2, 0.25) is 15.9 Å². The maximum Gasteiger partial charge on any atom is 0.409 e. The van der Waals surface area contributed by atoms with Gasteiger partial charge in [-0.15, -0.1) is 0 Å². The highest BCUT2D eigenvalue weighted by molar-refractivity contribution is 7.94. The largest absolute Gasteiger partial charge is 0.450 e. The predicted octanol–water partition coefficient (Wildman–Crippen LogP) is 2.39. The van der Waals surface area contributed by atoms with Crippen molar-refractivity contribution in [1.29, 1.82) is 0 Å². The second kappa shape index (κ2) is 8.66. The number of likely N-dealkylation sites (tertiary alicyclic amines) is 1. The van der Waals surface area contributed by atoms with Crippen molar-refractivity contribution in [2.45, 2.75) is 39.7 Å². The minimum Gasteiger partial charge on any atom is -0.450 e. The van der Waals surface area contributed by atoms with Gasteiger partial charge in [-0.3, -0.25) is 9.59 Å². The van der Waals surface area contributed by atoms with Gasteiger partial charge in [-0.2, -0.15) is 0 Å². The van der Waals surface area contributed by atoms with Crippen LogP contribution in [0.5, 0.6) is 0 Å². The Bertz CT molecular complexity index is 1000. The highest BCUT2D eigenvalue weighted by atomic mass is 35.5. The highest BCUT2D eigenvalue weighted by Gasteiger charge is 2.50. The first-order valence-corrected chi connectivity index (χ1v) is 12.0. The van der Waals surface area contributed by atoms with Gasteiger partial charge in [-0.25, -0.2) is 17.5 Å². The monoisotopic (exact) mass is 471 g/mol. The smallest absolute Gasteiger partial charge is 0.409 e. The van der Waals surface area contributed by atoms with Gasteiger partial charge in [0.25, 0.3) is 5.91 Å². The van der Waals surface area contributed by atoms with E-state index in [1.54, 1.807) is 25.7 Å². The van der Waals surface area contributed by atoms with Crippen molar-refractivity contribution in [3.63, 3.8) is 0 Å². The minimum atomic E-state index is -3.89. The number of rotatable bonds is 4. The fraction of sp³-hybridized carbons (Fsp3) is 0.550. The first kappa shape index (κ1) is 23.3. The molecule has 0 radical (unpaired) electrons. The number of piperidine rings is 1. The molecule has 9 nitrogen and oxygen atoms in total. The number of nitrogens with one attached hydrogen (secondary N) is 1. The summed E-state index contributed by atoms with van der Waals surface area (Å²) in [6, 6.07) is 4.06. The molecule has 2 aliphatic heterocycles. The van der Waals surface area contributed by atoms with Gasteiger partial charge >= 0.3 is 6.09 Å². The number of hydrogen-bond acceptors (Lipinski definition) is 6. The molecule has 1 aromatic rings. The second-order valence-corrected chi connectivity index (χ2v) is 10.5. The predicted molar refractivity (Wildman–Crippen MR) is 116 cm³/mol. The molecule has 2 aliphatic rings. The van der Waals surface area contributed by atoms with Crippen LogP contribution in [0.25, 0.3) is 0 Å². The van der Waals surface area contributed by atoms with Crippen LogP contribution in [0.4, 0.5) is 10.5 Å². The molecule has 2 heterocycles. The van der Waals surface area contributed by atoms with E-state index in [-0.39, 0.29) is 34.2 Å². The van der Waals surface area contributed by atoms with E-state index in [1.807, 2.05) is 0 Å². The molecule has 1 N–H and O–H groups in total. The van der Waals surface area contributed by atoms with Crippen LogP contribution in [0.1, 0.15) is 44.0 Å². The maximum absolute atomic E-state index is 12.8. The molecule has 0 saturated carbocycles.